The predicted molar refractivity (Wildman–Crippen MR) is 128 cm³/mol. The lowest BCUT2D eigenvalue weighted by Crippen LogP contribution is -2.20. The Kier molecular flexibility index (Phi) is 32.4. The van der Waals surface area contributed by atoms with Crippen LogP contribution in [0.4, 0.5) is 0 Å². The largest absolute Gasteiger partial charge is 0.349 e. The lowest BCUT2D eigenvalue weighted by atomic mass is 10.1. The summed E-state index contributed by atoms with van der Waals surface area (Å²) in [6.45, 7) is 5.14. The van der Waals surface area contributed by atoms with E-state index in [1.54, 1.807) is 4.90 Å². The molecule has 0 spiro atoms. The van der Waals surface area contributed by atoms with Gasteiger partial charge < -0.3 is 10.6 Å². The van der Waals surface area contributed by atoms with Crippen LogP contribution in [0.25, 0.3) is 0 Å². The SMILES string of the molecule is Br.CCCCCCCC/C=C\CCCCCCCC(=O)N(C)C.CCCN. The Morgan fingerprint density at radius 3 is 1.56 bits per heavy atom. The molecule has 27 heavy (non-hydrogen) atoms. The molecular weight excluding hydrogens is 400 g/mol. The maximum Gasteiger partial charge on any atom is 0.222 e. The van der Waals surface area contributed by atoms with Gasteiger partial charge >= 0.3 is 0 Å². The summed E-state index contributed by atoms with van der Waals surface area (Å²) >= 11 is 0. The molecule has 2 N–H and O–H groups in total. The highest BCUT2D eigenvalue weighted by molar-refractivity contribution is 8.93. The number of hydrogen-bond acceptors (Lipinski definition) is 2. The van der Waals surface area contributed by atoms with Crippen molar-refractivity contribution in [1.82, 2.24) is 4.90 Å². The minimum Gasteiger partial charge on any atom is -0.349 e. The molecule has 0 aliphatic carbocycles. The summed E-state index contributed by atoms with van der Waals surface area (Å²) in [7, 11) is 3.67. The van der Waals surface area contributed by atoms with Crippen molar-refractivity contribution in [1.29, 1.82) is 0 Å². The average Bonchev–Trinajstić information content (AvgIpc) is 2.64. The van der Waals surface area contributed by atoms with E-state index in [0.29, 0.717) is 6.42 Å². The molecule has 0 aliphatic rings. The van der Waals surface area contributed by atoms with Crippen molar-refractivity contribution in [3.8, 4) is 0 Å². The smallest absolute Gasteiger partial charge is 0.222 e. The van der Waals surface area contributed by atoms with Crippen LogP contribution in [0.3, 0.4) is 0 Å². The number of hydrogen-bond donors (Lipinski definition) is 1. The molecule has 0 fully saturated rings. The lowest BCUT2D eigenvalue weighted by molar-refractivity contribution is -0.128. The van der Waals surface area contributed by atoms with Crippen LogP contribution < -0.4 is 5.73 Å². The van der Waals surface area contributed by atoms with Crippen LogP contribution in [-0.4, -0.2) is 31.4 Å². The summed E-state index contributed by atoms with van der Waals surface area (Å²) in [5, 5.41) is 0. The lowest BCUT2D eigenvalue weighted by Gasteiger charge is -2.09. The molecule has 0 saturated carbocycles. The van der Waals surface area contributed by atoms with E-state index in [1.165, 1.54) is 77.0 Å². The zero-order valence-corrected chi connectivity index (χ0v) is 20.5. The monoisotopic (exact) mass is 448 g/mol. The van der Waals surface area contributed by atoms with Gasteiger partial charge in [-0.3, -0.25) is 4.79 Å². The molecule has 0 saturated heterocycles. The Labute approximate surface area is 181 Å². The van der Waals surface area contributed by atoms with Gasteiger partial charge in [0.15, 0.2) is 0 Å². The zero-order chi connectivity index (χ0) is 19.9. The number of carbonyl (C=O) groups excluding carboxylic acids is 1. The highest BCUT2D eigenvalue weighted by Gasteiger charge is 2.02. The number of allylic oxidation sites excluding steroid dienone is 2. The molecule has 0 aromatic rings. The van der Waals surface area contributed by atoms with Gasteiger partial charge in [-0.25, -0.2) is 0 Å². The van der Waals surface area contributed by atoms with E-state index in [9.17, 15) is 4.79 Å². The topological polar surface area (TPSA) is 46.3 Å². The second-order valence-electron chi connectivity index (χ2n) is 7.41. The Morgan fingerprint density at radius 1 is 0.741 bits per heavy atom. The van der Waals surface area contributed by atoms with Gasteiger partial charge in [0.05, 0.1) is 0 Å². The van der Waals surface area contributed by atoms with E-state index in [0.717, 1.165) is 19.4 Å². The van der Waals surface area contributed by atoms with Gasteiger partial charge in [-0.1, -0.05) is 77.4 Å². The number of unbranched alkanes of at least 4 members (excludes halogenated alkanes) is 11. The van der Waals surface area contributed by atoms with E-state index < -0.39 is 0 Å². The van der Waals surface area contributed by atoms with Crippen molar-refractivity contribution in [2.45, 2.75) is 110 Å². The molecule has 0 bridgehead atoms. The van der Waals surface area contributed by atoms with E-state index >= 15 is 0 Å². The predicted octanol–water partition coefficient (Wildman–Crippen LogP) is 7.05. The molecule has 3 nitrogen and oxygen atoms in total. The molecule has 0 radical (unpaired) electrons. The van der Waals surface area contributed by atoms with Gasteiger partial charge in [-0.15, -0.1) is 17.0 Å². The van der Waals surface area contributed by atoms with Crippen molar-refractivity contribution in [3.05, 3.63) is 12.2 Å². The van der Waals surface area contributed by atoms with Gasteiger partial charge in [-0.05, 0) is 45.1 Å². The number of nitrogens with zero attached hydrogens (tertiary/aromatic N) is 1. The van der Waals surface area contributed by atoms with Crippen molar-refractivity contribution >= 4 is 22.9 Å². The Balaban J connectivity index is -0.00000104. The van der Waals surface area contributed by atoms with Crippen molar-refractivity contribution in [3.63, 3.8) is 0 Å². The first-order valence-corrected chi connectivity index (χ1v) is 11.1. The third-order valence-corrected chi connectivity index (χ3v) is 4.44. The molecule has 1 amide bonds. The Bertz CT molecular complexity index is 305. The van der Waals surface area contributed by atoms with Crippen LogP contribution in [0.5, 0.6) is 0 Å². The van der Waals surface area contributed by atoms with Gasteiger partial charge in [0.25, 0.3) is 0 Å². The highest BCUT2D eigenvalue weighted by atomic mass is 79.9. The first-order valence-electron chi connectivity index (χ1n) is 11.1. The van der Waals surface area contributed by atoms with Gasteiger partial charge in [0.1, 0.15) is 0 Å². The second kappa shape index (κ2) is 27.9. The summed E-state index contributed by atoms with van der Waals surface area (Å²) in [6, 6.07) is 0. The van der Waals surface area contributed by atoms with Gasteiger partial charge in [0.2, 0.25) is 5.91 Å². The minimum absolute atomic E-state index is 0. The number of amides is 1. The maximum atomic E-state index is 11.4. The number of halogens is 1. The van der Waals surface area contributed by atoms with Crippen LogP contribution in [0.2, 0.25) is 0 Å². The standard InChI is InChI=1S/C20H39NO.C3H9N.BrH/c1-4-5-6-7-8-9-10-11-12-13-14-15-16-17-18-19-20(22)21(2)3;1-2-3-4;/h11-12H,4-10,13-19H2,1-3H3;2-4H2,1H3;1H/b12-11-;;. The van der Waals surface area contributed by atoms with Crippen molar-refractivity contribution in [2.24, 2.45) is 5.73 Å². The van der Waals surface area contributed by atoms with E-state index in [2.05, 4.69) is 26.0 Å². The van der Waals surface area contributed by atoms with E-state index in [-0.39, 0.29) is 22.9 Å². The highest BCUT2D eigenvalue weighted by Crippen LogP contribution is 2.10. The molecule has 0 aliphatic heterocycles. The molecule has 0 unspecified atom stereocenters. The Morgan fingerprint density at radius 2 is 1.15 bits per heavy atom. The third kappa shape index (κ3) is 30.6. The van der Waals surface area contributed by atoms with Crippen molar-refractivity contribution in [2.75, 3.05) is 20.6 Å². The molecular formula is C23H49BrN2O. The first kappa shape index (κ1) is 31.3. The summed E-state index contributed by atoms with van der Waals surface area (Å²) in [5.74, 6) is 0.262. The molecule has 0 aromatic heterocycles. The van der Waals surface area contributed by atoms with E-state index in [1.807, 2.05) is 14.1 Å². The minimum atomic E-state index is 0. The van der Waals surface area contributed by atoms with Crippen molar-refractivity contribution < 1.29 is 4.79 Å². The molecule has 164 valence electrons. The van der Waals surface area contributed by atoms with Crippen LogP contribution in [-0.2, 0) is 4.79 Å². The van der Waals surface area contributed by atoms with Crippen LogP contribution in [0.15, 0.2) is 12.2 Å². The molecule has 0 rings (SSSR count). The van der Waals surface area contributed by atoms with Gasteiger partial charge in [-0.2, -0.15) is 0 Å². The van der Waals surface area contributed by atoms with E-state index in [4.69, 9.17) is 5.73 Å². The molecule has 4 heteroatoms. The average molecular weight is 450 g/mol. The molecule has 0 heterocycles. The fourth-order valence-electron chi connectivity index (χ4n) is 2.57. The fraction of sp³-hybridized carbons (Fsp3) is 0.870. The van der Waals surface area contributed by atoms with Crippen LogP contribution in [0, 0.1) is 0 Å². The zero-order valence-electron chi connectivity index (χ0n) is 18.8. The summed E-state index contributed by atoms with van der Waals surface area (Å²) in [4.78, 5) is 13.1. The normalized spacial score (nSPS) is 10.3. The quantitative estimate of drug-likeness (QED) is 0.203. The van der Waals surface area contributed by atoms with Gasteiger partial charge in [0, 0.05) is 20.5 Å². The van der Waals surface area contributed by atoms with Crippen LogP contribution in [0.1, 0.15) is 110 Å². The molecule has 0 atom stereocenters. The molecule has 0 aromatic carbocycles. The fourth-order valence-corrected chi connectivity index (χ4v) is 2.57. The summed E-state index contributed by atoms with van der Waals surface area (Å²) in [5.41, 5.74) is 5.03. The number of carbonyl (C=O) groups is 1. The number of rotatable bonds is 16. The second-order valence-corrected chi connectivity index (χ2v) is 7.41. The Hall–Kier alpha value is -0.350. The maximum absolute atomic E-state index is 11.4. The summed E-state index contributed by atoms with van der Waals surface area (Å²) in [6.07, 6.45) is 23.5. The number of nitrogens with two attached hydrogens (primary N) is 1. The van der Waals surface area contributed by atoms with Crippen LogP contribution >= 0.6 is 17.0 Å². The summed E-state index contributed by atoms with van der Waals surface area (Å²) < 4.78 is 0. The third-order valence-electron chi connectivity index (χ3n) is 4.44. The first-order chi connectivity index (χ1) is 12.6.